The summed E-state index contributed by atoms with van der Waals surface area (Å²) in [5.41, 5.74) is 21.0. The fourth-order valence-electron chi connectivity index (χ4n) is 12.0. The summed E-state index contributed by atoms with van der Waals surface area (Å²) in [4.78, 5) is 0. The van der Waals surface area contributed by atoms with Gasteiger partial charge >= 0.3 is 0 Å². The van der Waals surface area contributed by atoms with Gasteiger partial charge in [-0.2, -0.15) is 0 Å². The molecule has 0 bridgehead atoms. The highest BCUT2D eigenvalue weighted by Gasteiger charge is 2.24. The molecule has 0 unspecified atom stereocenters. The number of hydrogen-bond donors (Lipinski definition) is 0. The van der Waals surface area contributed by atoms with Gasteiger partial charge < -0.3 is 0 Å². The number of rotatable bonds is 4. The quantitative estimate of drug-likeness (QED) is 0.155. The summed E-state index contributed by atoms with van der Waals surface area (Å²) in [5, 5.41) is 21.2. The molecule has 0 atom stereocenters. The van der Waals surface area contributed by atoms with Crippen LogP contribution in [-0.4, -0.2) is 0 Å². The van der Waals surface area contributed by atoms with E-state index in [4.69, 9.17) is 0 Å². The lowest BCUT2D eigenvalue weighted by atomic mass is 9.85. The van der Waals surface area contributed by atoms with Crippen LogP contribution in [0.25, 0.3) is 131 Å². The Hall–Kier alpha value is -7.54. The van der Waals surface area contributed by atoms with Gasteiger partial charge in [-0.3, -0.25) is 0 Å². The molecule has 0 aromatic heterocycles. The van der Waals surface area contributed by atoms with E-state index >= 15 is 0 Å². The van der Waals surface area contributed by atoms with Gasteiger partial charge in [0.25, 0.3) is 0 Å². The van der Waals surface area contributed by atoms with Crippen molar-refractivity contribution >= 4 is 86.2 Å². The van der Waals surface area contributed by atoms with Crippen LogP contribution < -0.4 is 0 Å². The molecule has 0 heteroatoms. The average molecular weight is 843 g/mol. The van der Waals surface area contributed by atoms with Crippen molar-refractivity contribution in [1.29, 1.82) is 0 Å². The number of fused-ring (bicyclic) bond motifs is 11. The molecule has 0 nitrogen and oxygen atoms in total. The first kappa shape index (κ1) is 38.9. The molecule has 13 rings (SSSR count). The maximum Gasteiger partial charge on any atom is -0.00137 e. The fourth-order valence-corrected chi connectivity index (χ4v) is 12.0. The Morgan fingerprint density at radius 1 is 0.197 bits per heavy atom. The van der Waals surface area contributed by atoms with Crippen molar-refractivity contribution in [2.24, 2.45) is 0 Å². The van der Waals surface area contributed by atoms with Crippen LogP contribution in [0, 0.1) is 55.4 Å². The molecule has 0 amide bonds. The van der Waals surface area contributed by atoms with E-state index in [0.717, 1.165) is 0 Å². The Balaban J connectivity index is 1.24. The summed E-state index contributed by atoms with van der Waals surface area (Å²) in [6.07, 6.45) is 0. The minimum atomic E-state index is 1.27. The molecule has 0 aliphatic rings. The first-order chi connectivity index (χ1) is 32.1. The van der Waals surface area contributed by atoms with E-state index in [0.29, 0.717) is 0 Å². The number of hydrogen-bond acceptors (Lipinski definition) is 0. The van der Waals surface area contributed by atoms with Crippen LogP contribution in [0.15, 0.2) is 158 Å². The van der Waals surface area contributed by atoms with Crippen LogP contribution in [0.5, 0.6) is 0 Å². The summed E-state index contributed by atoms with van der Waals surface area (Å²) in [5.74, 6) is 0. The summed E-state index contributed by atoms with van der Waals surface area (Å²) >= 11 is 0. The molecule has 0 saturated carbocycles. The molecule has 0 saturated heterocycles. The zero-order valence-corrected chi connectivity index (χ0v) is 39.0. The number of benzene rings is 11. The standard InChI is InChI=1S/C66H50/c1-35-13-9-17-45(39(35)5)43-21-23-49-53-27-25-51(47-19-11-15-37(3)41(47)7)63-55-29-30-56-60(59(55)33-61(65(53)63)57(49)31-43)34-62-58-32-44(46-18-10-14-36(2)40(46)6)22-24-50(58)54-28-26-52(64(56)66(54)62)48-20-12-16-38(4)42(48)8/h9-34H,1-8H3. The van der Waals surface area contributed by atoms with E-state index in [1.807, 2.05) is 0 Å². The molecule has 0 aliphatic carbocycles. The first-order valence-corrected chi connectivity index (χ1v) is 23.6. The normalized spacial score (nSPS) is 12.2. The van der Waals surface area contributed by atoms with Crippen molar-refractivity contribution in [3.8, 4) is 44.5 Å². The minimum absolute atomic E-state index is 1.27. The van der Waals surface area contributed by atoms with Gasteiger partial charge in [0.15, 0.2) is 0 Å². The number of aryl methyl sites for hydroxylation is 4. The largest absolute Gasteiger partial charge is 0.0614 e. The van der Waals surface area contributed by atoms with Crippen LogP contribution in [0.3, 0.4) is 0 Å². The Labute approximate surface area is 386 Å². The Morgan fingerprint density at radius 2 is 0.500 bits per heavy atom. The van der Waals surface area contributed by atoms with Gasteiger partial charge in [0.2, 0.25) is 0 Å². The zero-order valence-electron chi connectivity index (χ0n) is 39.0. The molecule has 0 heterocycles. The average Bonchev–Trinajstić information content (AvgIpc) is 3.82. The van der Waals surface area contributed by atoms with Crippen molar-refractivity contribution in [2.45, 2.75) is 55.4 Å². The highest BCUT2D eigenvalue weighted by atomic mass is 14.3. The van der Waals surface area contributed by atoms with Gasteiger partial charge in [-0.1, -0.05) is 133 Å². The smallest absolute Gasteiger partial charge is 0.00137 e. The Morgan fingerprint density at radius 3 is 0.894 bits per heavy atom. The highest BCUT2D eigenvalue weighted by molar-refractivity contribution is 6.42. The van der Waals surface area contributed by atoms with Gasteiger partial charge in [-0.15, -0.1) is 0 Å². The van der Waals surface area contributed by atoms with Gasteiger partial charge in [-0.05, 0) is 255 Å². The highest BCUT2D eigenvalue weighted by Crippen LogP contribution is 2.52. The van der Waals surface area contributed by atoms with E-state index < -0.39 is 0 Å². The molecule has 0 aliphatic heterocycles. The second-order valence-electron chi connectivity index (χ2n) is 19.4. The van der Waals surface area contributed by atoms with Crippen LogP contribution in [0.1, 0.15) is 44.5 Å². The van der Waals surface area contributed by atoms with E-state index in [1.54, 1.807) is 0 Å². The van der Waals surface area contributed by atoms with Gasteiger partial charge in [0.1, 0.15) is 0 Å². The third-order valence-corrected chi connectivity index (χ3v) is 16.2. The molecule has 66 heavy (non-hydrogen) atoms. The summed E-state index contributed by atoms with van der Waals surface area (Å²) in [7, 11) is 0. The first-order valence-electron chi connectivity index (χ1n) is 23.6. The van der Waals surface area contributed by atoms with Gasteiger partial charge in [0.05, 0.1) is 0 Å². The summed E-state index contributed by atoms with van der Waals surface area (Å²) in [6, 6.07) is 61.1. The molecular formula is C66H50. The topological polar surface area (TPSA) is 0 Å². The van der Waals surface area contributed by atoms with E-state index in [1.165, 1.54) is 175 Å². The Kier molecular flexibility index (Phi) is 8.24. The molecule has 0 radical (unpaired) electrons. The SMILES string of the molecule is Cc1cccc(-c2ccc3c(c2)c2cc4c5cc6c7cc(-c8cccc(C)c8C)ccc7c7ccc(-c8cccc(C)c8C)c(c5ccc4c4c(-c5cccc(C)c5C)ccc3c24)c76)c1C. The molecular weight excluding hydrogens is 793 g/mol. The summed E-state index contributed by atoms with van der Waals surface area (Å²) < 4.78 is 0. The molecule has 0 fully saturated rings. The molecule has 13 aromatic carbocycles. The Bertz CT molecular complexity index is 3960. The maximum absolute atomic E-state index is 2.57. The van der Waals surface area contributed by atoms with Crippen LogP contribution >= 0.6 is 0 Å². The monoisotopic (exact) mass is 842 g/mol. The fraction of sp³-hybridized carbons (Fsp3) is 0.121. The molecule has 314 valence electrons. The molecule has 0 N–H and O–H groups in total. The third-order valence-electron chi connectivity index (χ3n) is 16.2. The van der Waals surface area contributed by atoms with Crippen molar-refractivity contribution in [2.75, 3.05) is 0 Å². The van der Waals surface area contributed by atoms with Crippen molar-refractivity contribution in [3.05, 3.63) is 202 Å². The van der Waals surface area contributed by atoms with Gasteiger partial charge in [-0.25, -0.2) is 0 Å². The van der Waals surface area contributed by atoms with Gasteiger partial charge in [0, 0.05) is 0 Å². The lowest BCUT2D eigenvalue weighted by Gasteiger charge is -2.18. The van der Waals surface area contributed by atoms with Crippen LogP contribution in [0.2, 0.25) is 0 Å². The molecule has 13 aromatic rings. The van der Waals surface area contributed by atoms with E-state index in [2.05, 4.69) is 213 Å². The lowest BCUT2D eigenvalue weighted by molar-refractivity contribution is 1.34. The zero-order chi connectivity index (χ0) is 44.9. The van der Waals surface area contributed by atoms with Crippen molar-refractivity contribution < 1.29 is 0 Å². The van der Waals surface area contributed by atoms with Crippen molar-refractivity contribution in [3.63, 3.8) is 0 Å². The third kappa shape index (κ3) is 5.27. The van der Waals surface area contributed by atoms with Crippen molar-refractivity contribution in [1.82, 2.24) is 0 Å². The summed E-state index contributed by atoms with van der Waals surface area (Å²) in [6.45, 7) is 18.0. The van der Waals surface area contributed by atoms with E-state index in [-0.39, 0.29) is 0 Å². The second kappa shape index (κ2) is 14.0. The van der Waals surface area contributed by atoms with Crippen LogP contribution in [-0.2, 0) is 0 Å². The second-order valence-corrected chi connectivity index (χ2v) is 19.4. The molecule has 0 spiro atoms. The predicted octanol–water partition coefficient (Wildman–Crippen LogP) is 18.9. The van der Waals surface area contributed by atoms with E-state index in [9.17, 15) is 0 Å². The van der Waals surface area contributed by atoms with Crippen LogP contribution in [0.4, 0.5) is 0 Å². The lowest BCUT2D eigenvalue weighted by Crippen LogP contribution is -1.92. The maximum atomic E-state index is 2.57. The minimum Gasteiger partial charge on any atom is -0.0614 e. The predicted molar refractivity (Wildman–Crippen MR) is 289 cm³/mol.